The fraction of sp³-hybridized carbons (Fsp3) is 0.167. The van der Waals surface area contributed by atoms with Gasteiger partial charge in [0.25, 0.3) is 0 Å². The van der Waals surface area contributed by atoms with E-state index in [0.717, 1.165) is 11.5 Å². The third-order valence-corrected chi connectivity index (χ3v) is 3.27. The summed E-state index contributed by atoms with van der Waals surface area (Å²) in [4.78, 5) is 2.37. The van der Waals surface area contributed by atoms with Crippen LogP contribution in [-0.4, -0.2) is 0 Å². The van der Waals surface area contributed by atoms with E-state index in [1.807, 2.05) is 38.1 Å². The summed E-state index contributed by atoms with van der Waals surface area (Å²) in [6.45, 7) is 4.02. The Balaban J connectivity index is 2.45. The number of fused-ring (bicyclic) bond motifs is 1. The van der Waals surface area contributed by atoms with E-state index in [9.17, 15) is 0 Å². The highest BCUT2D eigenvalue weighted by Crippen LogP contribution is 2.43. The molecule has 0 unspecified atom stereocenters. The molecular formula is C12H12OS. The van der Waals surface area contributed by atoms with Crippen LogP contribution in [-0.2, 0) is 0 Å². The second kappa shape index (κ2) is 3.93. The number of thioether (sulfide) groups is 1. The van der Waals surface area contributed by atoms with E-state index in [0.29, 0.717) is 0 Å². The zero-order chi connectivity index (χ0) is 9.97. The lowest BCUT2D eigenvalue weighted by atomic mass is 10.3. The first-order valence-corrected chi connectivity index (χ1v) is 5.44. The monoisotopic (exact) mass is 204 g/mol. The van der Waals surface area contributed by atoms with Crippen LogP contribution >= 0.6 is 11.8 Å². The van der Waals surface area contributed by atoms with Crippen LogP contribution < -0.4 is 4.74 Å². The maximum atomic E-state index is 5.76. The number of benzene rings is 1. The largest absolute Gasteiger partial charge is 0.455 e. The number of hydrogen-bond donors (Lipinski definition) is 0. The first kappa shape index (κ1) is 9.41. The Labute approximate surface area is 88.5 Å². The summed E-state index contributed by atoms with van der Waals surface area (Å²) >= 11 is 1.76. The van der Waals surface area contributed by atoms with Gasteiger partial charge in [0.1, 0.15) is 11.5 Å². The molecule has 0 aliphatic carbocycles. The van der Waals surface area contributed by atoms with Gasteiger partial charge in [-0.1, -0.05) is 30.0 Å². The van der Waals surface area contributed by atoms with Crippen molar-refractivity contribution in [3.05, 3.63) is 47.1 Å². The van der Waals surface area contributed by atoms with Gasteiger partial charge in [-0.2, -0.15) is 0 Å². The van der Waals surface area contributed by atoms with Gasteiger partial charge in [0.05, 0.1) is 9.80 Å². The summed E-state index contributed by atoms with van der Waals surface area (Å²) in [7, 11) is 0. The molecule has 0 fully saturated rings. The smallest absolute Gasteiger partial charge is 0.141 e. The molecule has 0 radical (unpaired) electrons. The van der Waals surface area contributed by atoms with Crippen LogP contribution in [0.1, 0.15) is 13.8 Å². The zero-order valence-electron chi connectivity index (χ0n) is 8.28. The Morgan fingerprint density at radius 3 is 2.64 bits per heavy atom. The molecule has 0 saturated carbocycles. The molecule has 72 valence electrons. The Morgan fingerprint density at radius 2 is 1.93 bits per heavy atom. The molecule has 0 amide bonds. The third-order valence-electron chi connectivity index (χ3n) is 2.06. The second-order valence-corrected chi connectivity index (χ2v) is 4.04. The molecule has 0 bridgehead atoms. The standard InChI is InChI=1S/C12H12OS/c1-3-9-11(4-2)14-12-8-6-5-7-10(12)13-9/h3-8H,1-2H3/b9-3+,11-4+. The Hall–Kier alpha value is -1.15. The van der Waals surface area contributed by atoms with Crippen molar-refractivity contribution in [2.24, 2.45) is 0 Å². The van der Waals surface area contributed by atoms with Gasteiger partial charge < -0.3 is 4.74 Å². The Bertz CT molecular complexity index is 366. The molecular weight excluding hydrogens is 192 g/mol. The van der Waals surface area contributed by atoms with Crippen LogP contribution in [0.4, 0.5) is 0 Å². The highest BCUT2D eigenvalue weighted by Gasteiger charge is 2.17. The van der Waals surface area contributed by atoms with Crippen molar-refractivity contribution in [2.45, 2.75) is 18.7 Å². The minimum atomic E-state index is 0.955. The van der Waals surface area contributed by atoms with Crippen molar-refractivity contribution in [2.75, 3.05) is 0 Å². The number of hydrogen-bond acceptors (Lipinski definition) is 2. The van der Waals surface area contributed by atoms with E-state index in [4.69, 9.17) is 4.74 Å². The van der Waals surface area contributed by atoms with Crippen LogP contribution in [0.3, 0.4) is 0 Å². The highest BCUT2D eigenvalue weighted by molar-refractivity contribution is 8.03. The third kappa shape index (κ3) is 1.58. The van der Waals surface area contributed by atoms with Crippen LogP contribution in [0.5, 0.6) is 5.75 Å². The summed E-state index contributed by atoms with van der Waals surface area (Å²) < 4.78 is 5.76. The maximum Gasteiger partial charge on any atom is 0.141 e. The molecule has 1 heterocycles. The molecule has 0 aromatic heterocycles. The summed E-state index contributed by atoms with van der Waals surface area (Å²) in [5.41, 5.74) is 0. The van der Waals surface area contributed by atoms with Crippen LogP contribution in [0.25, 0.3) is 0 Å². The van der Waals surface area contributed by atoms with Crippen molar-refractivity contribution >= 4 is 11.8 Å². The minimum absolute atomic E-state index is 0.955. The summed E-state index contributed by atoms with van der Waals surface area (Å²) in [5.74, 6) is 1.91. The minimum Gasteiger partial charge on any atom is -0.455 e. The molecule has 0 N–H and O–H groups in total. The van der Waals surface area contributed by atoms with E-state index >= 15 is 0 Å². The predicted molar refractivity (Wildman–Crippen MR) is 60.4 cm³/mol. The van der Waals surface area contributed by atoms with E-state index < -0.39 is 0 Å². The zero-order valence-corrected chi connectivity index (χ0v) is 9.10. The van der Waals surface area contributed by atoms with Gasteiger partial charge in [0, 0.05) is 0 Å². The van der Waals surface area contributed by atoms with Gasteiger partial charge in [-0.05, 0) is 32.1 Å². The topological polar surface area (TPSA) is 9.23 Å². The normalized spacial score (nSPS) is 20.7. The van der Waals surface area contributed by atoms with E-state index in [2.05, 4.69) is 12.1 Å². The number of para-hydroxylation sites is 1. The molecule has 2 rings (SSSR count). The van der Waals surface area contributed by atoms with Gasteiger partial charge in [0.15, 0.2) is 0 Å². The van der Waals surface area contributed by atoms with Gasteiger partial charge in [-0.15, -0.1) is 0 Å². The van der Waals surface area contributed by atoms with E-state index in [1.54, 1.807) is 11.8 Å². The van der Waals surface area contributed by atoms with Gasteiger partial charge in [-0.3, -0.25) is 0 Å². The highest BCUT2D eigenvalue weighted by atomic mass is 32.2. The Kier molecular flexibility index (Phi) is 2.64. The van der Waals surface area contributed by atoms with E-state index in [1.165, 1.54) is 9.80 Å². The summed E-state index contributed by atoms with van der Waals surface area (Å²) in [5, 5.41) is 0. The fourth-order valence-corrected chi connectivity index (χ4v) is 2.33. The van der Waals surface area contributed by atoms with Gasteiger partial charge in [0.2, 0.25) is 0 Å². The second-order valence-electron chi connectivity index (χ2n) is 2.96. The summed E-state index contributed by atoms with van der Waals surface area (Å²) in [6, 6.07) is 8.10. The van der Waals surface area contributed by atoms with Gasteiger partial charge in [-0.25, -0.2) is 0 Å². The average Bonchev–Trinajstić information content (AvgIpc) is 2.27. The number of ether oxygens (including phenoxy) is 1. The lowest BCUT2D eigenvalue weighted by Crippen LogP contribution is -2.02. The average molecular weight is 204 g/mol. The molecule has 1 aliphatic rings. The molecule has 1 aliphatic heterocycles. The molecule has 1 aromatic rings. The number of rotatable bonds is 0. The molecule has 0 atom stereocenters. The lowest BCUT2D eigenvalue weighted by molar-refractivity contribution is 0.426. The van der Waals surface area contributed by atoms with Crippen LogP contribution in [0, 0.1) is 0 Å². The summed E-state index contributed by atoms with van der Waals surface area (Å²) in [6.07, 6.45) is 4.08. The predicted octanol–water partition coefficient (Wildman–Crippen LogP) is 3.98. The maximum absolute atomic E-state index is 5.76. The van der Waals surface area contributed by atoms with Crippen molar-refractivity contribution in [3.8, 4) is 5.75 Å². The molecule has 0 saturated heterocycles. The van der Waals surface area contributed by atoms with Crippen LogP contribution in [0.2, 0.25) is 0 Å². The van der Waals surface area contributed by atoms with Crippen molar-refractivity contribution in [3.63, 3.8) is 0 Å². The van der Waals surface area contributed by atoms with Crippen molar-refractivity contribution < 1.29 is 4.74 Å². The molecule has 1 aromatic carbocycles. The molecule has 0 spiro atoms. The van der Waals surface area contributed by atoms with E-state index in [-0.39, 0.29) is 0 Å². The first-order chi connectivity index (χ1) is 6.85. The van der Waals surface area contributed by atoms with Gasteiger partial charge >= 0.3 is 0 Å². The quantitative estimate of drug-likeness (QED) is 0.632. The molecule has 1 nitrogen and oxygen atoms in total. The molecule has 2 heteroatoms. The lowest BCUT2D eigenvalue weighted by Gasteiger charge is -2.20. The molecule has 14 heavy (non-hydrogen) atoms. The Morgan fingerprint density at radius 1 is 1.14 bits per heavy atom. The van der Waals surface area contributed by atoms with Crippen LogP contribution in [0.15, 0.2) is 52.0 Å². The number of allylic oxidation sites excluding steroid dienone is 2. The first-order valence-electron chi connectivity index (χ1n) is 4.63. The SMILES string of the molecule is C/C=C1/Oc2ccccc2S/C1=C/C. The fourth-order valence-electron chi connectivity index (χ4n) is 1.36. The van der Waals surface area contributed by atoms with Crippen molar-refractivity contribution in [1.29, 1.82) is 0 Å². The van der Waals surface area contributed by atoms with Crippen molar-refractivity contribution in [1.82, 2.24) is 0 Å².